The quantitative estimate of drug-likeness (QED) is 0.910. The van der Waals surface area contributed by atoms with Gasteiger partial charge in [0.2, 0.25) is 0 Å². The van der Waals surface area contributed by atoms with Gasteiger partial charge in [-0.15, -0.1) is 0 Å². The molecular weight excluding hydrogens is 344 g/mol. The molecule has 0 saturated carbocycles. The van der Waals surface area contributed by atoms with E-state index < -0.39 is 0 Å². The highest BCUT2D eigenvalue weighted by atomic mass is 79.9. The van der Waals surface area contributed by atoms with E-state index in [0.29, 0.717) is 17.9 Å². The van der Waals surface area contributed by atoms with E-state index in [9.17, 15) is 4.79 Å². The molecule has 1 aliphatic rings. The monoisotopic (exact) mass is 360 g/mol. The molecule has 0 atom stereocenters. The fourth-order valence-corrected chi connectivity index (χ4v) is 2.96. The Bertz CT molecular complexity index is 671. The zero-order valence-electron chi connectivity index (χ0n) is 12.1. The molecule has 2 heterocycles. The third-order valence-electron chi connectivity index (χ3n) is 3.65. The number of anilines is 1. The van der Waals surface area contributed by atoms with Gasteiger partial charge in [-0.2, -0.15) is 0 Å². The summed E-state index contributed by atoms with van der Waals surface area (Å²) < 4.78 is 0.777. The number of hydrogen-bond acceptors (Lipinski definition) is 4. The lowest BCUT2D eigenvalue weighted by molar-refractivity contribution is 0.0949. The van der Waals surface area contributed by atoms with Crippen molar-refractivity contribution in [2.45, 2.75) is 19.4 Å². The molecule has 0 bridgehead atoms. The van der Waals surface area contributed by atoms with E-state index in [4.69, 9.17) is 0 Å². The number of carbonyl (C=O) groups is 1. The lowest BCUT2D eigenvalue weighted by atomic mass is 10.2. The van der Waals surface area contributed by atoms with Crippen LogP contribution >= 0.6 is 15.9 Å². The van der Waals surface area contributed by atoms with Gasteiger partial charge in [0.15, 0.2) is 0 Å². The van der Waals surface area contributed by atoms with Crippen molar-refractivity contribution in [1.29, 1.82) is 0 Å². The van der Waals surface area contributed by atoms with Gasteiger partial charge < -0.3 is 10.2 Å². The summed E-state index contributed by atoms with van der Waals surface area (Å²) >= 11 is 3.38. The molecule has 0 spiro atoms. The smallest absolute Gasteiger partial charge is 0.252 e. The highest BCUT2D eigenvalue weighted by Gasteiger charge is 2.14. The van der Waals surface area contributed by atoms with Crippen LogP contribution in [-0.4, -0.2) is 29.0 Å². The molecule has 1 aromatic carbocycles. The Kier molecular flexibility index (Phi) is 4.68. The Hall–Kier alpha value is -1.95. The standard InChI is InChI=1S/C16H17BrN4O/c17-13-6-2-1-5-12(13)16(22)19-11-14-18-8-7-15(20-14)21-9-3-4-10-21/h1-2,5-8H,3-4,9-11H2,(H,19,22). The molecule has 0 unspecified atom stereocenters. The number of rotatable bonds is 4. The number of carbonyl (C=O) groups excluding carboxylic acids is 1. The number of nitrogens with one attached hydrogen (secondary N) is 1. The number of aromatic nitrogens is 2. The largest absolute Gasteiger partial charge is 0.357 e. The van der Waals surface area contributed by atoms with Crippen LogP contribution in [0.5, 0.6) is 0 Å². The van der Waals surface area contributed by atoms with Crippen molar-refractivity contribution in [3.63, 3.8) is 0 Å². The van der Waals surface area contributed by atoms with E-state index in [1.807, 2.05) is 24.3 Å². The van der Waals surface area contributed by atoms with Gasteiger partial charge in [0.25, 0.3) is 5.91 Å². The highest BCUT2D eigenvalue weighted by molar-refractivity contribution is 9.10. The second-order valence-corrected chi connectivity index (χ2v) is 6.04. The Balaban J connectivity index is 1.65. The summed E-state index contributed by atoms with van der Waals surface area (Å²) in [5, 5.41) is 2.86. The molecule has 1 N–H and O–H groups in total. The van der Waals surface area contributed by atoms with E-state index in [1.165, 1.54) is 12.8 Å². The van der Waals surface area contributed by atoms with E-state index in [0.717, 1.165) is 23.4 Å². The number of benzene rings is 1. The molecule has 5 nitrogen and oxygen atoms in total. The predicted molar refractivity (Wildman–Crippen MR) is 88.8 cm³/mol. The molecule has 114 valence electrons. The van der Waals surface area contributed by atoms with Crippen molar-refractivity contribution in [2.24, 2.45) is 0 Å². The van der Waals surface area contributed by atoms with Crippen LogP contribution in [0.2, 0.25) is 0 Å². The van der Waals surface area contributed by atoms with Crippen molar-refractivity contribution < 1.29 is 4.79 Å². The minimum Gasteiger partial charge on any atom is -0.357 e. The zero-order chi connectivity index (χ0) is 15.4. The van der Waals surface area contributed by atoms with E-state index in [1.54, 1.807) is 12.3 Å². The minimum atomic E-state index is -0.136. The summed E-state index contributed by atoms with van der Waals surface area (Å²) in [6, 6.07) is 9.26. The maximum absolute atomic E-state index is 12.2. The molecule has 1 aliphatic heterocycles. The number of amides is 1. The van der Waals surface area contributed by atoms with Crippen molar-refractivity contribution in [3.8, 4) is 0 Å². The molecule has 0 aliphatic carbocycles. The molecule has 2 aromatic rings. The summed E-state index contributed by atoms with van der Waals surface area (Å²) in [5.74, 6) is 1.44. The van der Waals surface area contributed by atoms with Gasteiger partial charge in [-0.25, -0.2) is 9.97 Å². The fraction of sp³-hybridized carbons (Fsp3) is 0.312. The van der Waals surface area contributed by atoms with Gasteiger partial charge in [-0.3, -0.25) is 4.79 Å². The SMILES string of the molecule is O=C(NCc1nccc(N2CCCC2)n1)c1ccccc1Br. The lowest BCUT2D eigenvalue weighted by Gasteiger charge is -2.16. The maximum Gasteiger partial charge on any atom is 0.252 e. The molecule has 3 rings (SSSR count). The van der Waals surface area contributed by atoms with Gasteiger partial charge in [-0.1, -0.05) is 12.1 Å². The van der Waals surface area contributed by atoms with Crippen molar-refractivity contribution in [1.82, 2.24) is 15.3 Å². The summed E-state index contributed by atoms with van der Waals surface area (Å²) in [4.78, 5) is 23.2. The minimum absolute atomic E-state index is 0.136. The molecular formula is C16H17BrN4O. The van der Waals surface area contributed by atoms with Crippen LogP contribution in [0.3, 0.4) is 0 Å². The summed E-state index contributed by atoms with van der Waals surface area (Å²) in [7, 11) is 0. The average molecular weight is 361 g/mol. The number of nitrogens with zero attached hydrogens (tertiary/aromatic N) is 3. The normalized spacial score (nSPS) is 14.1. The van der Waals surface area contributed by atoms with Gasteiger partial charge in [0.05, 0.1) is 12.1 Å². The second kappa shape index (κ2) is 6.87. The number of hydrogen-bond donors (Lipinski definition) is 1. The third-order valence-corrected chi connectivity index (χ3v) is 4.34. The Morgan fingerprint density at radius 2 is 2.00 bits per heavy atom. The molecule has 1 fully saturated rings. The average Bonchev–Trinajstić information content (AvgIpc) is 3.08. The van der Waals surface area contributed by atoms with Crippen molar-refractivity contribution in [2.75, 3.05) is 18.0 Å². The van der Waals surface area contributed by atoms with Crippen molar-refractivity contribution >= 4 is 27.7 Å². The molecule has 22 heavy (non-hydrogen) atoms. The van der Waals surface area contributed by atoms with Gasteiger partial charge in [0.1, 0.15) is 11.6 Å². The Labute approximate surface area is 137 Å². The second-order valence-electron chi connectivity index (χ2n) is 5.19. The van der Waals surface area contributed by atoms with Crippen LogP contribution in [0.4, 0.5) is 5.82 Å². The molecule has 0 radical (unpaired) electrons. The Morgan fingerprint density at radius 3 is 2.77 bits per heavy atom. The summed E-state index contributed by atoms with van der Waals surface area (Å²) in [6.45, 7) is 2.40. The first-order valence-electron chi connectivity index (χ1n) is 7.33. The molecule has 6 heteroatoms. The van der Waals surface area contributed by atoms with Gasteiger partial charge >= 0.3 is 0 Å². The maximum atomic E-state index is 12.2. The summed E-state index contributed by atoms with van der Waals surface area (Å²) in [5.41, 5.74) is 0.609. The van der Waals surface area contributed by atoms with E-state index in [2.05, 4.69) is 36.1 Å². The summed E-state index contributed by atoms with van der Waals surface area (Å²) in [6.07, 6.45) is 4.16. The van der Waals surface area contributed by atoms with Crippen LogP contribution in [0.25, 0.3) is 0 Å². The third kappa shape index (κ3) is 3.44. The highest BCUT2D eigenvalue weighted by Crippen LogP contribution is 2.17. The number of halogens is 1. The van der Waals surface area contributed by atoms with Crippen LogP contribution in [0, 0.1) is 0 Å². The lowest BCUT2D eigenvalue weighted by Crippen LogP contribution is -2.25. The molecule has 1 aromatic heterocycles. The van der Waals surface area contributed by atoms with Crippen LogP contribution in [0.15, 0.2) is 41.0 Å². The first-order chi connectivity index (χ1) is 10.7. The van der Waals surface area contributed by atoms with Gasteiger partial charge in [-0.05, 0) is 47.0 Å². The zero-order valence-corrected chi connectivity index (χ0v) is 13.7. The van der Waals surface area contributed by atoms with Gasteiger partial charge in [0, 0.05) is 23.8 Å². The van der Waals surface area contributed by atoms with Crippen LogP contribution in [0.1, 0.15) is 29.0 Å². The predicted octanol–water partition coefficient (Wildman–Crippen LogP) is 2.77. The van der Waals surface area contributed by atoms with E-state index >= 15 is 0 Å². The first kappa shape index (κ1) is 15.0. The molecule has 1 saturated heterocycles. The molecule has 1 amide bonds. The Morgan fingerprint density at radius 1 is 1.23 bits per heavy atom. The van der Waals surface area contributed by atoms with Crippen LogP contribution < -0.4 is 10.2 Å². The van der Waals surface area contributed by atoms with Crippen molar-refractivity contribution in [3.05, 3.63) is 52.4 Å². The fourth-order valence-electron chi connectivity index (χ4n) is 2.50. The topological polar surface area (TPSA) is 58.1 Å². The van der Waals surface area contributed by atoms with E-state index in [-0.39, 0.29) is 5.91 Å². The van der Waals surface area contributed by atoms with Crippen LogP contribution in [-0.2, 0) is 6.54 Å². The first-order valence-corrected chi connectivity index (χ1v) is 8.13.